The van der Waals surface area contributed by atoms with E-state index >= 15 is 0 Å². The molecule has 2 rings (SSSR count). The fourth-order valence-electron chi connectivity index (χ4n) is 1.80. The Morgan fingerprint density at radius 2 is 1.90 bits per heavy atom. The summed E-state index contributed by atoms with van der Waals surface area (Å²) in [4.78, 5) is 11.2. The van der Waals surface area contributed by atoms with Crippen LogP contribution in [0.4, 0.5) is 25.8 Å². The average Bonchev–Trinajstić information content (AvgIpc) is 2.38. The van der Waals surface area contributed by atoms with Crippen LogP contribution in [0.15, 0.2) is 24.3 Å². The van der Waals surface area contributed by atoms with Gasteiger partial charge in [0.25, 0.3) is 0 Å². The molecule has 4 N–H and O–H groups in total. The first kappa shape index (κ1) is 15.1. The van der Waals surface area contributed by atoms with Crippen LogP contribution in [0.5, 0.6) is 0 Å². The molecule has 21 heavy (non-hydrogen) atoms. The van der Waals surface area contributed by atoms with Crippen molar-refractivity contribution in [2.75, 3.05) is 11.1 Å². The average molecular weight is 313 g/mol. The van der Waals surface area contributed by atoms with Crippen LogP contribution in [0.2, 0.25) is 5.02 Å². The lowest BCUT2D eigenvalue weighted by atomic mass is 10.1. The van der Waals surface area contributed by atoms with Crippen LogP contribution in [0, 0.1) is 18.6 Å². The molecule has 0 aliphatic carbocycles. The van der Waals surface area contributed by atoms with Crippen LogP contribution in [-0.4, -0.2) is 11.1 Å². The van der Waals surface area contributed by atoms with Gasteiger partial charge in [0.2, 0.25) is 0 Å². The number of hydrogen-bond acceptors (Lipinski definition) is 3. The predicted molar refractivity (Wildman–Crippen MR) is 77.2 cm³/mol. The number of aromatic carboxylic acids is 1. The minimum Gasteiger partial charge on any atom is -0.478 e. The summed E-state index contributed by atoms with van der Waals surface area (Å²) in [5.41, 5.74) is 5.31. The molecule has 0 fully saturated rings. The Hall–Kier alpha value is -2.34. The van der Waals surface area contributed by atoms with E-state index in [0.29, 0.717) is 0 Å². The zero-order chi connectivity index (χ0) is 15.7. The van der Waals surface area contributed by atoms with E-state index in [-0.39, 0.29) is 33.2 Å². The Kier molecular flexibility index (Phi) is 3.99. The number of carbonyl (C=O) groups is 1. The quantitative estimate of drug-likeness (QED) is 0.750. The van der Waals surface area contributed by atoms with Gasteiger partial charge in [-0.25, -0.2) is 13.6 Å². The van der Waals surface area contributed by atoms with Crippen molar-refractivity contribution in [3.05, 3.63) is 52.0 Å². The summed E-state index contributed by atoms with van der Waals surface area (Å²) in [5.74, 6) is -2.64. The molecule has 7 heteroatoms. The highest BCUT2D eigenvalue weighted by molar-refractivity contribution is 6.34. The highest BCUT2D eigenvalue weighted by Gasteiger charge is 2.17. The van der Waals surface area contributed by atoms with E-state index in [4.69, 9.17) is 22.4 Å². The molecule has 4 nitrogen and oxygen atoms in total. The first-order valence-corrected chi connectivity index (χ1v) is 6.22. The van der Waals surface area contributed by atoms with Crippen molar-refractivity contribution in [2.45, 2.75) is 6.92 Å². The monoisotopic (exact) mass is 312 g/mol. The SMILES string of the molecule is Cc1cc(F)c(Nc2c(Cl)cc(N)cc2C(=O)O)cc1F. The second kappa shape index (κ2) is 5.57. The molecule has 0 saturated carbocycles. The Morgan fingerprint density at radius 3 is 2.52 bits per heavy atom. The number of carboxylic acids is 1. The normalized spacial score (nSPS) is 10.5. The molecule has 2 aromatic rings. The number of carboxylic acid groups (broad SMARTS) is 1. The van der Waals surface area contributed by atoms with Crippen LogP contribution in [-0.2, 0) is 0 Å². The molecule has 0 heterocycles. The summed E-state index contributed by atoms with van der Waals surface area (Å²) in [6.07, 6.45) is 0. The lowest BCUT2D eigenvalue weighted by molar-refractivity contribution is 0.0698. The standard InChI is InChI=1S/C14H11ClF2N2O2/c1-6-2-11(17)12(5-10(6)16)19-13-8(14(20)21)3-7(18)4-9(13)15/h2-5,19H,18H2,1H3,(H,20,21). The van der Waals surface area contributed by atoms with Crippen molar-refractivity contribution in [3.8, 4) is 0 Å². The van der Waals surface area contributed by atoms with Crippen molar-refractivity contribution in [2.24, 2.45) is 0 Å². The van der Waals surface area contributed by atoms with E-state index in [1.165, 1.54) is 19.1 Å². The van der Waals surface area contributed by atoms with Gasteiger partial charge in [0, 0.05) is 11.8 Å². The summed E-state index contributed by atoms with van der Waals surface area (Å²) < 4.78 is 27.3. The third kappa shape index (κ3) is 3.05. The van der Waals surface area contributed by atoms with Gasteiger partial charge in [0.15, 0.2) is 0 Å². The zero-order valence-electron chi connectivity index (χ0n) is 10.9. The minimum atomic E-state index is -1.29. The third-order valence-corrected chi connectivity index (χ3v) is 3.15. The molecule has 0 saturated heterocycles. The van der Waals surface area contributed by atoms with Crippen LogP contribution in [0.3, 0.4) is 0 Å². The first-order chi connectivity index (χ1) is 9.79. The van der Waals surface area contributed by atoms with Crippen LogP contribution in [0.1, 0.15) is 15.9 Å². The number of nitrogens with two attached hydrogens (primary N) is 1. The summed E-state index contributed by atoms with van der Waals surface area (Å²) in [5, 5.41) is 11.6. The fourth-order valence-corrected chi connectivity index (χ4v) is 2.08. The molecule has 0 aliphatic heterocycles. The lowest BCUT2D eigenvalue weighted by Crippen LogP contribution is -2.06. The van der Waals surface area contributed by atoms with Gasteiger partial charge < -0.3 is 16.2 Å². The van der Waals surface area contributed by atoms with Crippen molar-refractivity contribution >= 4 is 34.6 Å². The molecule has 2 aromatic carbocycles. The van der Waals surface area contributed by atoms with E-state index in [1.54, 1.807) is 0 Å². The first-order valence-electron chi connectivity index (χ1n) is 5.84. The highest BCUT2D eigenvalue weighted by atomic mass is 35.5. The van der Waals surface area contributed by atoms with Gasteiger partial charge in [-0.15, -0.1) is 0 Å². The molecular weight excluding hydrogens is 302 g/mol. The lowest BCUT2D eigenvalue weighted by Gasteiger charge is -2.14. The maximum atomic E-state index is 13.8. The molecule has 0 aromatic heterocycles. The number of nitrogen functional groups attached to an aromatic ring is 1. The molecule has 0 atom stereocenters. The van der Waals surface area contributed by atoms with E-state index in [1.807, 2.05) is 0 Å². The van der Waals surface area contributed by atoms with Gasteiger partial charge in [0.05, 0.1) is 22.0 Å². The number of aryl methyl sites for hydroxylation is 1. The van der Waals surface area contributed by atoms with Gasteiger partial charge in [-0.2, -0.15) is 0 Å². The van der Waals surface area contributed by atoms with E-state index in [9.17, 15) is 13.6 Å². The summed E-state index contributed by atoms with van der Waals surface area (Å²) in [7, 11) is 0. The van der Waals surface area contributed by atoms with Crippen molar-refractivity contribution in [3.63, 3.8) is 0 Å². The largest absolute Gasteiger partial charge is 0.478 e. The molecule has 0 bridgehead atoms. The van der Waals surface area contributed by atoms with Crippen LogP contribution >= 0.6 is 11.6 Å². The number of rotatable bonds is 3. The highest BCUT2D eigenvalue weighted by Crippen LogP contribution is 2.33. The molecule has 0 aliphatic rings. The van der Waals surface area contributed by atoms with Gasteiger partial charge in [0.1, 0.15) is 11.6 Å². The van der Waals surface area contributed by atoms with Crippen LogP contribution < -0.4 is 11.1 Å². The smallest absolute Gasteiger partial charge is 0.337 e. The van der Waals surface area contributed by atoms with Gasteiger partial charge in [-0.3, -0.25) is 0 Å². The van der Waals surface area contributed by atoms with Gasteiger partial charge in [-0.05, 0) is 30.7 Å². The summed E-state index contributed by atoms with van der Waals surface area (Å²) in [6, 6.07) is 4.43. The minimum absolute atomic E-state index is 0.00668. The Bertz CT molecular complexity index is 735. The molecule has 0 unspecified atom stereocenters. The molecule has 0 amide bonds. The molecular formula is C14H11ClF2N2O2. The summed E-state index contributed by atoms with van der Waals surface area (Å²) >= 11 is 5.93. The molecule has 0 radical (unpaired) electrons. The van der Waals surface area contributed by atoms with Gasteiger partial charge >= 0.3 is 5.97 Å². The molecule has 0 spiro atoms. The fraction of sp³-hybridized carbons (Fsp3) is 0.0714. The predicted octanol–water partition coefficient (Wildman–Crippen LogP) is 3.95. The number of hydrogen-bond donors (Lipinski definition) is 3. The number of nitrogens with one attached hydrogen (secondary N) is 1. The second-order valence-electron chi connectivity index (χ2n) is 4.44. The Balaban J connectivity index is 2.54. The maximum absolute atomic E-state index is 13.8. The Labute approximate surface area is 124 Å². The molecule has 110 valence electrons. The number of benzene rings is 2. The number of anilines is 3. The Morgan fingerprint density at radius 1 is 1.24 bits per heavy atom. The van der Waals surface area contributed by atoms with Crippen molar-refractivity contribution in [1.29, 1.82) is 0 Å². The topological polar surface area (TPSA) is 75.3 Å². The van der Waals surface area contributed by atoms with Gasteiger partial charge in [-0.1, -0.05) is 11.6 Å². The van der Waals surface area contributed by atoms with E-state index < -0.39 is 17.6 Å². The second-order valence-corrected chi connectivity index (χ2v) is 4.84. The van der Waals surface area contributed by atoms with E-state index in [0.717, 1.165) is 12.1 Å². The third-order valence-electron chi connectivity index (χ3n) is 2.85. The van der Waals surface area contributed by atoms with Crippen molar-refractivity contribution in [1.82, 2.24) is 0 Å². The maximum Gasteiger partial charge on any atom is 0.337 e. The van der Waals surface area contributed by atoms with Crippen molar-refractivity contribution < 1.29 is 18.7 Å². The van der Waals surface area contributed by atoms with Crippen LogP contribution in [0.25, 0.3) is 0 Å². The number of halogens is 3. The summed E-state index contributed by atoms with van der Waals surface area (Å²) in [6.45, 7) is 1.42. The van der Waals surface area contributed by atoms with E-state index in [2.05, 4.69) is 5.32 Å². The zero-order valence-corrected chi connectivity index (χ0v) is 11.6.